The fourth-order valence-corrected chi connectivity index (χ4v) is 6.08. The van der Waals surface area contributed by atoms with Gasteiger partial charge in [-0.1, -0.05) is 102 Å². The quantitative estimate of drug-likeness (QED) is 0.478. The van der Waals surface area contributed by atoms with Crippen LogP contribution in [0.25, 0.3) is 0 Å². The number of ether oxygens (including phenoxy) is 1. The SMILES string of the molecule is C1=C=C([C]2N[C@H](Cc3ccccc3)CO2)C(P(c2ccccc2)c2ccccc2)=C=1. The van der Waals surface area contributed by atoms with Crippen LogP contribution in [-0.4, -0.2) is 12.6 Å². The lowest BCUT2D eigenvalue weighted by Gasteiger charge is -2.22. The molecule has 30 heavy (non-hydrogen) atoms. The third-order valence-electron chi connectivity index (χ3n) is 5.17. The van der Waals surface area contributed by atoms with Crippen molar-refractivity contribution in [1.29, 1.82) is 0 Å². The Bertz CT molecular complexity index is 1110. The van der Waals surface area contributed by atoms with E-state index in [0.29, 0.717) is 6.61 Å². The summed E-state index contributed by atoms with van der Waals surface area (Å²) < 4.78 is 6.09. The minimum Gasteiger partial charge on any atom is -0.349 e. The van der Waals surface area contributed by atoms with E-state index in [1.807, 2.05) is 6.07 Å². The van der Waals surface area contributed by atoms with Crippen LogP contribution in [0.3, 0.4) is 0 Å². The summed E-state index contributed by atoms with van der Waals surface area (Å²) in [6, 6.07) is 32.0. The van der Waals surface area contributed by atoms with Crippen molar-refractivity contribution in [1.82, 2.24) is 5.32 Å². The zero-order chi connectivity index (χ0) is 20.2. The van der Waals surface area contributed by atoms with E-state index < -0.39 is 7.92 Å². The van der Waals surface area contributed by atoms with Crippen LogP contribution in [0.4, 0.5) is 0 Å². The Labute approximate surface area is 178 Å². The first kappa shape index (κ1) is 19.1. The first-order chi connectivity index (χ1) is 14.9. The van der Waals surface area contributed by atoms with Crippen LogP contribution >= 0.6 is 7.92 Å². The predicted molar refractivity (Wildman–Crippen MR) is 123 cm³/mol. The van der Waals surface area contributed by atoms with Gasteiger partial charge in [0, 0.05) is 6.04 Å². The van der Waals surface area contributed by atoms with E-state index in [0.717, 1.165) is 23.5 Å². The molecule has 2 aliphatic rings. The maximum Gasteiger partial charge on any atom is 0.203 e. The number of hydrogen-bond donors (Lipinski definition) is 1. The smallest absolute Gasteiger partial charge is 0.203 e. The van der Waals surface area contributed by atoms with E-state index in [1.54, 1.807) is 0 Å². The second-order valence-corrected chi connectivity index (χ2v) is 9.43. The van der Waals surface area contributed by atoms with Crippen molar-refractivity contribution in [3.8, 4) is 0 Å². The van der Waals surface area contributed by atoms with Crippen molar-refractivity contribution in [2.24, 2.45) is 0 Å². The van der Waals surface area contributed by atoms with Gasteiger partial charge in [0.05, 0.1) is 17.5 Å². The minimum atomic E-state index is -0.767. The van der Waals surface area contributed by atoms with Crippen LogP contribution in [0.1, 0.15) is 5.56 Å². The van der Waals surface area contributed by atoms with Crippen LogP contribution < -0.4 is 15.9 Å². The number of rotatable bonds is 6. The molecule has 1 N–H and O–H groups in total. The van der Waals surface area contributed by atoms with Crippen LogP contribution in [0, 0.1) is 6.23 Å². The highest BCUT2D eigenvalue weighted by molar-refractivity contribution is 7.77. The van der Waals surface area contributed by atoms with Crippen molar-refractivity contribution in [2.75, 3.05) is 6.61 Å². The molecule has 0 saturated carbocycles. The average molecular weight is 406 g/mol. The van der Waals surface area contributed by atoms with Gasteiger partial charge in [-0.25, -0.2) is 0 Å². The summed E-state index contributed by atoms with van der Waals surface area (Å²) >= 11 is 0. The molecule has 0 amide bonds. The Kier molecular flexibility index (Phi) is 5.62. The van der Waals surface area contributed by atoms with Crippen molar-refractivity contribution in [3.63, 3.8) is 0 Å². The molecule has 1 aliphatic heterocycles. The highest BCUT2D eigenvalue weighted by atomic mass is 31.1. The van der Waals surface area contributed by atoms with E-state index >= 15 is 0 Å². The van der Waals surface area contributed by atoms with Crippen molar-refractivity contribution >= 4 is 18.5 Å². The molecule has 3 aromatic rings. The molecule has 0 spiro atoms. The predicted octanol–water partition coefficient (Wildman–Crippen LogP) is 4.57. The Morgan fingerprint density at radius 3 is 2.03 bits per heavy atom. The molecule has 1 heterocycles. The lowest BCUT2D eigenvalue weighted by Crippen LogP contribution is -2.29. The number of hydrogen-bond acceptors (Lipinski definition) is 2. The maximum absolute atomic E-state index is 6.09. The van der Waals surface area contributed by atoms with Crippen molar-refractivity contribution in [3.05, 3.63) is 131 Å². The average Bonchev–Trinajstić information content (AvgIpc) is 3.46. The van der Waals surface area contributed by atoms with Crippen LogP contribution in [-0.2, 0) is 11.2 Å². The molecule has 145 valence electrons. The maximum atomic E-state index is 6.09. The summed E-state index contributed by atoms with van der Waals surface area (Å²) in [6.45, 7) is 0.650. The zero-order valence-electron chi connectivity index (χ0n) is 16.5. The number of nitrogens with one attached hydrogen (secondary N) is 1. The summed E-state index contributed by atoms with van der Waals surface area (Å²) in [5.41, 5.74) is 12.0. The second kappa shape index (κ2) is 8.85. The molecule has 5 rings (SSSR count). The van der Waals surface area contributed by atoms with E-state index in [1.165, 1.54) is 16.2 Å². The highest BCUT2D eigenvalue weighted by Gasteiger charge is 2.34. The highest BCUT2D eigenvalue weighted by Crippen LogP contribution is 2.49. The normalized spacial score (nSPS) is 18.1. The zero-order valence-corrected chi connectivity index (χ0v) is 17.4. The molecule has 2 nitrogen and oxygen atoms in total. The van der Waals surface area contributed by atoms with E-state index in [9.17, 15) is 0 Å². The van der Waals surface area contributed by atoms with Gasteiger partial charge < -0.3 is 4.74 Å². The number of benzene rings is 3. The summed E-state index contributed by atoms with van der Waals surface area (Å²) in [6.07, 6.45) is 1.72. The van der Waals surface area contributed by atoms with Gasteiger partial charge in [0.1, 0.15) is 0 Å². The molecular weight excluding hydrogens is 385 g/mol. The van der Waals surface area contributed by atoms with Crippen molar-refractivity contribution < 1.29 is 4.74 Å². The molecule has 3 aromatic carbocycles. The molecule has 1 aliphatic carbocycles. The molecule has 1 atom stereocenters. The van der Waals surface area contributed by atoms with E-state index in [2.05, 4.69) is 107 Å². The van der Waals surface area contributed by atoms with Crippen LogP contribution in [0.2, 0.25) is 0 Å². The Balaban J connectivity index is 1.39. The lowest BCUT2D eigenvalue weighted by atomic mass is 10.1. The second-order valence-electron chi connectivity index (χ2n) is 7.28. The van der Waals surface area contributed by atoms with Gasteiger partial charge in [0.25, 0.3) is 0 Å². The van der Waals surface area contributed by atoms with Gasteiger partial charge in [-0.3, -0.25) is 5.32 Å². The molecule has 0 unspecified atom stereocenters. The van der Waals surface area contributed by atoms with E-state index in [4.69, 9.17) is 4.74 Å². The first-order valence-corrected chi connectivity index (χ1v) is 11.4. The van der Waals surface area contributed by atoms with Gasteiger partial charge in [0.15, 0.2) is 0 Å². The summed E-state index contributed by atoms with van der Waals surface area (Å²) in [5, 5.41) is 7.24. The monoisotopic (exact) mass is 406 g/mol. The summed E-state index contributed by atoms with van der Waals surface area (Å²) in [5.74, 6) is 0. The summed E-state index contributed by atoms with van der Waals surface area (Å²) in [4.78, 5) is 0. The Hall–Kier alpha value is -2.91. The molecule has 1 saturated heterocycles. The molecule has 0 bridgehead atoms. The van der Waals surface area contributed by atoms with E-state index in [-0.39, 0.29) is 6.04 Å². The largest absolute Gasteiger partial charge is 0.349 e. The van der Waals surface area contributed by atoms with Gasteiger partial charge in [-0.2, -0.15) is 0 Å². The molecule has 1 fully saturated rings. The molecular formula is C27H21NOP. The summed E-state index contributed by atoms with van der Waals surface area (Å²) in [7, 11) is -0.767. The Morgan fingerprint density at radius 2 is 1.40 bits per heavy atom. The van der Waals surface area contributed by atoms with Gasteiger partial charge in [-0.15, -0.1) is 0 Å². The first-order valence-electron chi connectivity index (χ1n) is 10.1. The van der Waals surface area contributed by atoms with Crippen LogP contribution in [0.15, 0.2) is 119 Å². The van der Waals surface area contributed by atoms with Gasteiger partial charge in [0.2, 0.25) is 6.23 Å². The fourth-order valence-electron chi connectivity index (χ4n) is 3.77. The van der Waals surface area contributed by atoms with Gasteiger partial charge in [-0.05, 0) is 36.2 Å². The minimum absolute atomic E-state index is 0.248. The third-order valence-corrected chi connectivity index (χ3v) is 7.59. The van der Waals surface area contributed by atoms with Crippen LogP contribution in [0.5, 0.6) is 0 Å². The molecule has 1 radical (unpaired) electrons. The molecule has 0 aromatic heterocycles. The Morgan fingerprint density at radius 1 is 0.800 bits per heavy atom. The third kappa shape index (κ3) is 4.03. The van der Waals surface area contributed by atoms with Gasteiger partial charge >= 0.3 is 0 Å². The molecule has 3 heteroatoms. The fraction of sp³-hybridized carbons (Fsp3) is 0.111. The standard InChI is InChI=1S/C27H21NOP/c1-4-11-21(12-5-1)19-22-20-29-27(28-22)25-17-10-18-26(25)30(23-13-6-2-7-14-23)24-15-8-3-9-16-24/h1-9,11-16,22,28H,19-20H2/t22-/m1/s1. The topological polar surface area (TPSA) is 21.3 Å². The van der Waals surface area contributed by atoms with Crippen molar-refractivity contribution in [2.45, 2.75) is 12.5 Å². The lowest BCUT2D eigenvalue weighted by molar-refractivity contribution is 0.207.